The van der Waals surface area contributed by atoms with E-state index in [1.807, 2.05) is 24.0 Å². The highest BCUT2D eigenvalue weighted by Crippen LogP contribution is 2.28. The van der Waals surface area contributed by atoms with Crippen LogP contribution in [0.2, 0.25) is 5.02 Å². The number of nitrogens with zero attached hydrogens (tertiary/aromatic N) is 3. The van der Waals surface area contributed by atoms with E-state index >= 15 is 0 Å². The van der Waals surface area contributed by atoms with Crippen molar-refractivity contribution in [3.05, 3.63) is 35.6 Å². The van der Waals surface area contributed by atoms with Gasteiger partial charge in [0.2, 0.25) is 0 Å². The van der Waals surface area contributed by atoms with Crippen LogP contribution in [-0.2, 0) is 0 Å². The molecule has 0 spiro atoms. The molecule has 1 aromatic heterocycles. The molecule has 0 fully saturated rings. The molecule has 0 atom stereocenters. The third kappa shape index (κ3) is 3.74. The number of rotatable bonds is 6. The Morgan fingerprint density at radius 3 is 2.86 bits per heavy atom. The summed E-state index contributed by atoms with van der Waals surface area (Å²) in [6, 6.07) is 7.29. The number of nitrogen functional groups attached to an aromatic ring is 1. The van der Waals surface area contributed by atoms with Crippen LogP contribution in [0.15, 0.2) is 30.6 Å². The molecular weight excluding hydrogens is 290 g/mol. The number of anilines is 4. The summed E-state index contributed by atoms with van der Waals surface area (Å²) < 4.78 is 0. The van der Waals surface area contributed by atoms with E-state index < -0.39 is 0 Å². The molecule has 0 bridgehead atoms. The van der Waals surface area contributed by atoms with Gasteiger partial charge in [-0.3, -0.25) is 0 Å². The molecule has 4 N–H and O–H groups in total. The lowest BCUT2D eigenvalue weighted by Crippen LogP contribution is -2.28. The average molecular weight is 308 g/mol. The largest absolute Gasteiger partial charge is 0.395 e. The maximum atomic E-state index is 9.10. The summed E-state index contributed by atoms with van der Waals surface area (Å²) >= 11 is 5.96. The monoisotopic (exact) mass is 307 g/mol. The van der Waals surface area contributed by atoms with Gasteiger partial charge in [-0.1, -0.05) is 17.7 Å². The molecule has 0 saturated carbocycles. The van der Waals surface area contributed by atoms with Crippen molar-refractivity contribution in [3.63, 3.8) is 0 Å². The molecular formula is C14H18ClN5O. The summed E-state index contributed by atoms with van der Waals surface area (Å²) in [5.41, 5.74) is 7.37. The van der Waals surface area contributed by atoms with Crippen molar-refractivity contribution in [2.24, 2.45) is 0 Å². The molecule has 0 amide bonds. The fraction of sp³-hybridized carbons (Fsp3) is 0.286. The minimum atomic E-state index is 0.0360. The van der Waals surface area contributed by atoms with Gasteiger partial charge in [0.05, 0.1) is 6.61 Å². The predicted molar refractivity (Wildman–Crippen MR) is 86.2 cm³/mol. The van der Waals surface area contributed by atoms with E-state index in [1.165, 1.54) is 6.33 Å². The number of aliphatic hydroxyl groups is 1. The van der Waals surface area contributed by atoms with Gasteiger partial charge >= 0.3 is 0 Å². The van der Waals surface area contributed by atoms with Gasteiger partial charge in [0.15, 0.2) is 11.6 Å². The first-order valence-electron chi connectivity index (χ1n) is 6.64. The number of hydrogen-bond donors (Lipinski definition) is 3. The van der Waals surface area contributed by atoms with Crippen LogP contribution in [0.4, 0.5) is 23.0 Å². The minimum Gasteiger partial charge on any atom is -0.395 e. The number of nitrogens with two attached hydrogens (primary N) is 1. The Labute approximate surface area is 128 Å². The number of aromatic nitrogens is 2. The fourth-order valence-electron chi connectivity index (χ4n) is 1.98. The van der Waals surface area contributed by atoms with E-state index in [9.17, 15) is 0 Å². The number of benzene rings is 1. The second kappa shape index (κ2) is 7.10. The number of nitrogens with one attached hydrogen (secondary N) is 1. The number of hydrogen-bond acceptors (Lipinski definition) is 6. The highest BCUT2D eigenvalue weighted by Gasteiger charge is 2.13. The molecule has 0 aliphatic carbocycles. The number of halogens is 1. The SMILES string of the molecule is CCN(CCO)c1ncnc(Nc2cccc(Cl)c2)c1N. The molecule has 0 aliphatic rings. The van der Waals surface area contributed by atoms with Crippen molar-refractivity contribution >= 4 is 34.6 Å². The maximum Gasteiger partial charge on any atom is 0.159 e. The van der Waals surface area contributed by atoms with Crippen LogP contribution >= 0.6 is 11.6 Å². The Balaban J connectivity index is 2.29. The Bertz CT molecular complexity index is 608. The van der Waals surface area contributed by atoms with Crippen molar-refractivity contribution in [3.8, 4) is 0 Å². The zero-order chi connectivity index (χ0) is 15.2. The quantitative estimate of drug-likeness (QED) is 0.759. The molecule has 21 heavy (non-hydrogen) atoms. The standard InChI is InChI=1S/C14H18ClN5O/c1-2-20(6-7-21)14-12(16)13(17-9-18-14)19-11-5-3-4-10(15)8-11/h3-5,8-9,21H,2,6-7,16H2,1H3,(H,17,18,19). The van der Waals surface area contributed by atoms with E-state index in [-0.39, 0.29) is 6.61 Å². The van der Waals surface area contributed by atoms with E-state index in [4.69, 9.17) is 22.4 Å². The molecule has 112 valence electrons. The summed E-state index contributed by atoms with van der Waals surface area (Å²) in [5.74, 6) is 1.12. The van der Waals surface area contributed by atoms with Crippen LogP contribution < -0.4 is 16.0 Å². The Kier molecular flexibility index (Phi) is 5.19. The predicted octanol–water partition coefficient (Wildman–Crippen LogP) is 2.27. The second-order valence-electron chi connectivity index (χ2n) is 4.40. The zero-order valence-corrected chi connectivity index (χ0v) is 12.5. The van der Waals surface area contributed by atoms with Crippen molar-refractivity contribution in [1.29, 1.82) is 0 Å². The van der Waals surface area contributed by atoms with Crippen LogP contribution in [0.25, 0.3) is 0 Å². The van der Waals surface area contributed by atoms with E-state index in [2.05, 4.69) is 15.3 Å². The topological polar surface area (TPSA) is 87.3 Å². The van der Waals surface area contributed by atoms with Crippen LogP contribution in [-0.4, -0.2) is 34.8 Å². The summed E-state index contributed by atoms with van der Waals surface area (Å²) in [5, 5.41) is 12.9. The molecule has 6 nitrogen and oxygen atoms in total. The van der Waals surface area contributed by atoms with Gasteiger partial charge in [-0.2, -0.15) is 0 Å². The molecule has 2 aromatic rings. The molecule has 0 unspecified atom stereocenters. The van der Waals surface area contributed by atoms with Crippen LogP contribution in [0.1, 0.15) is 6.92 Å². The van der Waals surface area contributed by atoms with Gasteiger partial charge in [0.1, 0.15) is 12.0 Å². The lowest BCUT2D eigenvalue weighted by molar-refractivity contribution is 0.302. The molecule has 0 saturated heterocycles. The summed E-state index contributed by atoms with van der Waals surface area (Å²) in [7, 11) is 0. The first kappa shape index (κ1) is 15.3. The first-order chi connectivity index (χ1) is 10.2. The van der Waals surface area contributed by atoms with Crippen LogP contribution in [0.5, 0.6) is 0 Å². The van der Waals surface area contributed by atoms with Crippen LogP contribution in [0, 0.1) is 0 Å². The lowest BCUT2D eigenvalue weighted by atomic mass is 10.3. The van der Waals surface area contributed by atoms with Gasteiger partial charge in [0, 0.05) is 23.8 Å². The Morgan fingerprint density at radius 1 is 1.38 bits per heavy atom. The second-order valence-corrected chi connectivity index (χ2v) is 4.83. The smallest absolute Gasteiger partial charge is 0.159 e. The molecule has 0 aliphatic heterocycles. The highest BCUT2D eigenvalue weighted by atomic mass is 35.5. The molecule has 1 heterocycles. The maximum absolute atomic E-state index is 9.10. The number of aliphatic hydroxyl groups excluding tert-OH is 1. The Hall–Kier alpha value is -2.05. The van der Waals surface area contributed by atoms with Gasteiger partial charge in [-0.15, -0.1) is 0 Å². The lowest BCUT2D eigenvalue weighted by Gasteiger charge is -2.23. The van der Waals surface area contributed by atoms with Gasteiger partial charge in [0.25, 0.3) is 0 Å². The van der Waals surface area contributed by atoms with Crippen molar-refractivity contribution in [1.82, 2.24) is 9.97 Å². The normalized spacial score (nSPS) is 10.4. The molecule has 7 heteroatoms. The van der Waals surface area contributed by atoms with Crippen molar-refractivity contribution < 1.29 is 5.11 Å². The third-order valence-corrected chi connectivity index (χ3v) is 3.24. The average Bonchev–Trinajstić information content (AvgIpc) is 2.47. The van der Waals surface area contributed by atoms with Gasteiger partial charge in [-0.25, -0.2) is 9.97 Å². The van der Waals surface area contributed by atoms with Crippen LogP contribution in [0.3, 0.4) is 0 Å². The summed E-state index contributed by atoms with van der Waals surface area (Å²) in [6.45, 7) is 3.17. The molecule has 2 rings (SSSR count). The molecule has 1 aromatic carbocycles. The van der Waals surface area contributed by atoms with Gasteiger partial charge < -0.3 is 21.1 Å². The fourth-order valence-corrected chi connectivity index (χ4v) is 2.17. The summed E-state index contributed by atoms with van der Waals surface area (Å²) in [4.78, 5) is 10.3. The van der Waals surface area contributed by atoms with E-state index in [0.717, 1.165) is 5.69 Å². The highest BCUT2D eigenvalue weighted by molar-refractivity contribution is 6.30. The molecule has 0 radical (unpaired) electrons. The van der Waals surface area contributed by atoms with E-state index in [0.29, 0.717) is 35.4 Å². The summed E-state index contributed by atoms with van der Waals surface area (Å²) in [6.07, 6.45) is 1.44. The number of likely N-dealkylation sites (N-methyl/N-ethyl adjacent to an activating group) is 1. The van der Waals surface area contributed by atoms with Crippen molar-refractivity contribution in [2.45, 2.75) is 6.92 Å². The third-order valence-electron chi connectivity index (χ3n) is 3.00. The zero-order valence-electron chi connectivity index (χ0n) is 11.8. The Morgan fingerprint density at radius 2 is 2.19 bits per heavy atom. The van der Waals surface area contributed by atoms with E-state index in [1.54, 1.807) is 12.1 Å². The van der Waals surface area contributed by atoms with Crippen molar-refractivity contribution in [2.75, 3.05) is 35.6 Å². The van der Waals surface area contributed by atoms with Gasteiger partial charge in [-0.05, 0) is 25.1 Å². The minimum absolute atomic E-state index is 0.0360. The first-order valence-corrected chi connectivity index (χ1v) is 7.02.